The van der Waals surface area contributed by atoms with Crippen molar-refractivity contribution in [3.8, 4) is 5.75 Å². The number of amides is 1. The third-order valence-electron chi connectivity index (χ3n) is 3.84. The molecule has 1 atom stereocenters. The highest BCUT2D eigenvalue weighted by Gasteiger charge is 2.14. The first-order valence-corrected chi connectivity index (χ1v) is 8.09. The summed E-state index contributed by atoms with van der Waals surface area (Å²) in [4.78, 5) is 12.3. The molecule has 0 saturated carbocycles. The van der Waals surface area contributed by atoms with Crippen molar-refractivity contribution in [3.63, 3.8) is 0 Å². The van der Waals surface area contributed by atoms with Gasteiger partial charge in [-0.25, -0.2) is 0 Å². The van der Waals surface area contributed by atoms with Crippen molar-refractivity contribution in [3.05, 3.63) is 64.2 Å². The molecule has 2 rings (SSSR count). The molecule has 1 N–H and O–H groups in total. The lowest BCUT2D eigenvalue weighted by atomic mass is 10.0. The number of nitrogens with one attached hydrogen (secondary N) is 1. The van der Waals surface area contributed by atoms with Gasteiger partial charge in [0.25, 0.3) is 0 Å². The van der Waals surface area contributed by atoms with Crippen LogP contribution in [-0.2, 0) is 11.2 Å². The lowest BCUT2D eigenvalue weighted by Crippen LogP contribution is -2.29. The number of benzene rings is 2. The second-order valence-corrected chi connectivity index (χ2v) is 6.00. The van der Waals surface area contributed by atoms with Crippen LogP contribution in [0.5, 0.6) is 5.75 Å². The summed E-state index contributed by atoms with van der Waals surface area (Å²) < 4.78 is 5.28. The second-order valence-electron chi connectivity index (χ2n) is 5.56. The lowest BCUT2D eigenvalue weighted by molar-refractivity contribution is -0.121. The number of ether oxygens (including phenoxy) is 1. The molecule has 0 radical (unpaired) electrons. The first-order chi connectivity index (χ1) is 11.0. The number of hydrogen-bond donors (Lipinski definition) is 1. The quantitative estimate of drug-likeness (QED) is 0.848. The smallest absolute Gasteiger partial charge is 0.224 e. The number of aryl methyl sites for hydroxylation is 1. The number of halogens is 1. The zero-order valence-corrected chi connectivity index (χ0v) is 14.5. The van der Waals surface area contributed by atoms with Crippen LogP contribution in [0.15, 0.2) is 42.5 Å². The van der Waals surface area contributed by atoms with Gasteiger partial charge in [0.2, 0.25) is 5.91 Å². The van der Waals surface area contributed by atoms with Crippen LogP contribution in [0.2, 0.25) is 5.02 Å². The predicted octanol–water partition coefficient (Wildman–Crippen LogP) is 4.47. The first kappa shape index (κ1) is 17.4. The van der Waals surface area contributed by atoms with Crippen molar-refractivity contribution < 1.29 is 9.53 Å². The van der Waals surface area contributed by atoms with Gasteiger partial charge in [-0.15, -0.1) is 0 Å². The molecule has 0 aliphatic carbocycles. The van der Waals surface area contributed by atoms with E-state index in [2.05, 4.69) is 18.3 Å². The minimum atomic E-state index is -0.000550. The van der Waals surface area contributed by atoms with Crippen molar-refractivity contribution in [2.24, 2.45) is 0 Å². The Hall–Kier alpha value is -2.00. The summed E-state index contributed by atoms with van der Waals surface area (Å²) in [5.41, 5.74) is 3.11. The maximum absolute atomic E-state index is 12.3. The molecule has 0 saturated heterocycles. The molecule has 4 heteroatoms. The third-order valence-corrected chi connectivity index (χ3v) is 4.09. The average Bonchev–Trinajstić information content (AvgIpc) is 2.54. The molecule has 0 spiro atoms. The van der Waals surface area contributed by atoms with Crippen LogP contribution >= 0.6 is 11.6 Å². The summed E-state index contributed by atoms with van der Waals surface area (Å²) in [6, 6.07) is 13.4. The molecular formula is C19H22ClNO2. The molecule has 0 aromatic heterocycles. The van der Waals surface area contributed by atoms with E-state index in [0.29, 0.717) is 11.4 Å². The zero-order valence-electron chi connectivity index (χ0n) is 13.7. The highest BCUT2D eigenvalue weighted by atomic mass is 35.5. The molecule has 122 valence electrons. The number of hydrogen-bond acceptors (Lipinski definition) is 2. The van der Waals surface area contributed by atoms with Gasteiger partial charge in [0.15, 0.2) is 0 Å². The fraction of sp³-hybridized carbons (Fsp3) is 0.316. The van der Waals surface area contributed by atoms with Crippen molar-refractivity contribution in [2.75, 3.05) is 7.11 Å². The van der Waals surface area contributed by atoms with E-state index in [4.69, 9.17) is 16.3 Å². The summed E-state index contributed by atoms with van der Waals surface area (Å²) >= 11 is 5.86. The normalized spacial score (nSPS) is 11.8. The van der Waals surface area contributed by atoms with Crippen LogP contribution in [0.3, 0.4) is 0 Å². The molecule has 0 bridgehead atoms. The maximum atomic E-state index is 12.3. The van der Waals surface area contributed by atoms with Crippen molar-refractivity contribution in [2.45, 2.75) is 32.7 Å². The van der Waals surface area contributed by atoms with E-state index in [1.54, 1.807) is 19.2 Å². The summed E-state index contributed by atoms with van der Waals surface area (Å²) in [5.74, 6) is 0.865. The molecule has 2 aromatic rings. The van der Waals surface area contributed by atoms with Gasteiger partial charge in [-0.1, -0.05) is 42.8 Å². The number of carbonyl (C=O) groups is 1. The Balaban J connectivity index is 2.05. The Labute approximate surface area is 142 Å². The van der Waals surface area contributed by atoms with Crippen LogP contribution in [0, 0.1) is 6.92 Å². The zero-order chi connectivity index (χ0) is 16.8. The summed E-state index contributed by atoms with van der Waals surface area (Å²) in [5, 5.41) is 3.77. The van der Waals surface area contributed by atoms with Gasteiger partial charge in [-0.05, 0) is 48.2 Å². The fourth-order valence-electron chi connectivity index (χ4n) is 2.57. The van der Waals surface area contributed by atoms with Gasteiger partial charge < -0.3 is 10.1 Å². The van der Waals surface area contributed by atoms with Gasteiger partial charge in [0, 0.05) is 5.02 Å². The standard InChI is InChI=1S/C19H22ClNO2/c1-4-17(15-7-10-18(23-3)13(2)11-15)21-19(22)12-14-5-8-16(20)9-6-14/h5-11,17H,4,12H2,1-3H3,(H,21,22)/t17-/m0/s1. The largest absolute Gasteiger partial charge is 0.496 e. The lowest BCUT2D eigenvalue weighted by Gasteiger charge is -2.19. The molecule has 23 heavy (non-hydrogen) atoms. The third kappa shape index (κ3) is 4.73. The van der Waals surface area contributed by atoms with E-state index in [0.717, 1.165) is 28.9 Å². The van der Waals surface area contributed by atoms with Gasteiger partial charge >= 0.3 is 0 Å². The van der Waals surface area contributed by atoms with Gasteiger partial charge in [-0.2, -0.15) is 0 Å². The molecule has 1 amide bonds. The number of rotatable bonds is 6. The SMILES string of the molecule is CC[C@H](NC(=O)Cc1ccc(Cl)cc1)c1ccc(OC)c(C)c1. The van der Waals surface area contributed by atoms with Crippen molar-refractivity contribution >= 4 is 17.5 Å². The molecule has 0 aliphatic rings. The molecule has 0 heterocycles. The minimum Gasteiger partial charge on any atom is -0.496 e. The molecule has 0 fully saturated rings. The summed E-state index contributed by atoms with van der Waals surface area (Å²) in [6.07, 6.45) is 1.18. The van der Waals surface area contributed by atoms with Gasteiger partial charge in [-0.3, -0.25) is 4.79 Å². The first-order valence-electron chi connectivity index (χ1n) is 7.71. The van der Waals surface area contributed by atoms with Crippen LogP contribution in [0.25, 0.3) is 0 Å². The van der Waals surface area contributed by atoms with E-state index in [9.17, 15) is 4.79 Å². The van der Waals surface area contributed by atoms with Gasteiger partial charge in [0.1, 0.15) is 5.75 Å². The summed E-state index contributed by atoms with van der Waals surface area (Å²) in [6.45, 7) is 4.07. The summed E-state index contributed by atoms with van der Waals surface area (Å²) in [7, 11) is 1.66. The van der Waals surface area contributed by atoms with Crippen LogP contribution in [0.4, 0.5) is 0 Å². The Bertz CT molecular complexity index is 668. The Morgan fingerprint density at radius 2 is 1.91 bits per heavy atom. The average molecular weight is 332 g/mol. The predicted molar refractivity (Wildman–Crippen MR) is 94.1 cm³/mol. The van der Waals surface area contributed by atoms with Gasteiger partial charge in [0.05, 0.1) is 19.6 Å². The van der Waals surface area contributed by atoms with Crippen molar-refractivity contribution in [1.29, 1.82) is 0 Å². The van der Waals surface area contributed by atoms with Crippen LogP contribution in [0.1, 0.15) is 36.1 Å². The number of carbonyl (C=O) groups excluding carboxylic acids is 1. The fourth-order valence-corrected chi connectivity index (χ4v) is 2.70. The van der Waals surface area contributed by atoms with Crippen LogP contribution < -0.4 is 10.1 Å². The van der Waals surface area contributed by atoms with E-state index in [-0.39, 0.29) is 11.9 Å². The molecule has 0 aliphatic heterocycles. The highest BCUT2D eigenvalue weighted by molar-refractivity contribution is 6.30. The molecule has 3 nitrogen and oxygen atoms in total. The Morgan fingerprint density at radius 1 is 1.22 bits per heavy atom. The molecule has 2 aromatic carbocycles. The Kier molecular flexibility index (Phi) is 6.05. The van der Waals surface area contributed by atoms with Crippen molar-refractivity contribution in [1.82, 2.24) is 5.32 Å². The van der Waals surface area contributed by atoms with E-state index in [1.807, 2.05) is 31.2 Å². The van der Waals surface area contributed by atoms with E-state index >= 15 is 0 Å². The second kappa shape index (κ2) is 8.02. The topological polar surface area (TPSA) is 38.3 Å². The number of methoxy groups -OCH3 is 1. The van der Waals surface area contributed by atoms with E-state index in [1.165, 1.54) is 0 Å². The van der Waals surface area contributed by atoms with Crippen LogP contribution in [-0.4, -0.2) is 13.0 Å². The van der Waals surface area contributed by atoms with E-state index < -0.39 is 0 Å². The highest BCUT2D eigenvalue weighted by Crippen LogP contribution is 2.24. The molecular weight excluding hydrogens is 310 g/mol. The monoisotopic (exact) mass is 331 g/mol. The minimum absolute atomic E-state index is 0.000550. The maximum Gasteiger partial charge on any atom is 0.224 e. The Morgan fingerprint density at radius 3 is 2.48 bits per heavy atom. The molecule has 0 unspecified atom stereocenters.